The van der Waals surface area contributed by atoms with E-state index in [1.54, 1.807) is 13.0 Å². The fraction of sp³-hybridized carbons (Fsp3) is 0.154. The Morgan fingerprint density at radius 2 is 2.00 bits per heavy atom. The normalized spacial score (nSPS) is 13.1. The average molecular weight is 296 g/mol. The first kappa shape index (κ1) is 14.4. The lowest BCUT2D eigenvalue weighted by Gasteiger charge is -2.14. The lowest BCUT2D eigenvalue weighted by atomic mass is 10.1. The summed E-state index contributed by atoms with van der Waals surface area (Å²) in [5.41, 5.74) is 0.125. The standard InChI is InChI=1S/C13H13FN2O3S/c1-9(10-3-2-4-11(14)7-10)16-20(18,19)12-5-6-13(17)15-8-12/h2-9,16H,1H3,(H,15,17). The molecule has 7 heteroatoms. The van der Waals surface area contributed by atoms with E-state index < -0.39 is 21.9 Å². The van der Waals surface area contributed by atoms with Crippen molar-refractivity contribution >= 4 is 10.0 Å². The van der Waals surface area contributed by atoms with Gasteiger partial charge in [-0.1, -0.05) is 12.1 Å². The second kappa shape index (κ2) is 5.56. The smallest absolute Gasteiger partial charge is 0.247 e. The van der Waals surface area contributed by atoms with Crippen LogP contribution in [0.3, 0.4) is 0 Å². The van der Waals surface area contributed by atoms with Crippen LogP contribution in [-0.4, -0.2) is 13.4 Å². The monoisotopic (exact) mass is 296 g/mol. The molecule has 0 aliphatic rings. The molecule has 2 rings (SSSR count). The summed E-state index contributed by atoms with van der Waals surface area (Å²) in [5.74, 6) is -0.433. The fourth-order valence-corrected chi connectivity index (χ4v) is 2.91. The summed E-state index contributed by atoms with van der Waals surface area (Å²) >= 11 is 0. The Morgan fingerprint density at radius 3 is 2.60 bits per heavy atom. The first-order valence-corrected chi connectivity index (χ1v) is 7.33. The quantitative estimate of drug-likeness (QED) is 0.898. The first-order valence-electron chi connectivity index (χ1n) is 5.85. The number of aromatic amines is 1. The van der Waals surface area contributed by atoms with Crippen molar-refractivity contribution in [2.75, 3.05) is 0 Å². The maximum Gasteiger partial charge on any atom is 0.247 e. The van der Waals surface area contributed by atoms with Crippen molar-refractivity contribution < 1.29 is 12.8 Å². The Hall–Kier alpha value is -1.99. The topological polar surface area (TPSA) is 79.0 Å². The summed E-state index contributed by atoms with van der Waals surface area (Å²) in [6.07, 6.45) is 1.11. The van der Waals surface area contributed by atoms with Gasteiger partial charge in [0.25, 0.3) is 0 Å². The highest BCUT2D eigenvalue weighted by atomic mass is 32.2. The molecule has 0 bridgehead atoms. The Bertz CT molecular complexity index is 751. The molecule has 1 aromatic heterocycles. The summed E-state index contributed by atoms with van der Waals surface area (Å²) in [4.78, 5) is 13.2. The van der Waals surface area contributed by atoms with Crippen molar-refractivity contribution in [2.24, 2.45) is 0 Å². The fourth-order valence-electron chi connectivity index (χ4n) is 1.71. The molecule has 5 nitrogen and oxygen atoms in total. The van der Waals surface area contributed by atoms with Gasteiger partial charge in [0.05, 0.1) is 4.90 Å². The minimum Gasteiger partial charge on any atom is -0.328 e. The second-order valence-electron chi connectivity index (χ2n) is 4.29. The van der Waals surface area contributed by atoms with Crippen LogP contribution in [0.4, 0.5) is 4.39 Å². The SMILES string of the molecule is CC(NS(=O)(=O)c1ccc(=O)[nH]c1)c1cccc(F)c1. The first-order chi connectivity index (χ1) is 9.38. The Balaban J connectivity index is 2.24. The predicted molar refractivity (Wildman–Crippen MR) is 72.2 cm³/mol. The van der Waals surface area contributed by atoms with E-state index in [9.17, 15) is 17.6 Å². The summed E-state index contributed by atoms with van der Waals surface area (Å²) in [6, 6.07) is 7.43. The molecule has 106 valence electrons. The molecule has 1 unspecified atom stereocenters. The lowest BCUT2D eigenvalue weighted by molar-refractivity contribution is 0.564. The molecule has 20 heavy (non-hydrogen) atoms. The van der Waals surface area contributed by atoms with E-state index in [4.69, 9.17) is 0 Å². The third kappa shape index (κ3) is 3.31. The molecule has 0 saturated carbocycles. The van der Waals surface area contributed by atoms with Gasteiger partial charge in [0.1, 0.15) is 5.82 Å². The minimum absolute atomic E-state index is 0.0552. The number of pyridine rings is 1. The van der Waals surface area contributed by atoms with Crippen LogP contribution in [0.1, 0.15) is 18.5 Å². The third-order valence-corrected chi connectivity index (χ3v) is 4.28. The van der Waals surface area contributed by atoms with E-state index in [0.29, 0.717) is 5.56 Å². The van der Waals surface area contributed by atoms with E-state index in [1.165, 1.54) is 24.3 Å². The van der Waals surface area contributed by atoms with Gasteiger partial charge in [0, 0.05) is 18.3 Å². The van der Waals surface area contributed by atoms with E-state index in [1.807, 2.05) is 0 Å². The average Bonchev–Trinajstić information content (AvgIpc) is 2.38. The molecule has 0 amide bonds. The highest BCUT2D eigenvalue weighted by molar-refractivity contribution is 7.89. The van der Waals surface area contributed by atoms with Crippen molar-refractivity contribution in [2.45, 2.75) is 17.9 Å². The summed E-state index contributed by atoms with van der Waals surface area (Å²) in [7, 11) is -3.78. The number of benzene rings is 1. The van der Waals surface area contributed by atoms with Crippen molar-refractivity contribution in [3.8, 4) is 0 Å². The van der Waals surface area contributed by atoms with E-state index >= 15 is 0 Å². The summed E-state index contributed by atoms with van der Waals surface area (Å²) in [6.45, 7) is 1.61. The number of hydrogen-bond donors (Lipinski definition) is 2. The van der Waals surface area contributed by atoms with Gasteiger partial charge in [-0.3, -0.25) is 4.79 Å². The molecule has 0 aliphatic heterocycles. The van der Waals surface area contributed by atoms with Gasteiger partial charge in [0.15, 0.2) is 0 Å². The van der Waals surface area contributed by atoms with Crippen LogP contribution in [0.15, 0.2) is 52.3 Å². The van der Waals surface area contributed by atoms with Gasteiger partial charge < -0.3 is 4.98 Å². The minimum atomic E-state index is -3.78. The Kier molecular flexibility index (Phi) is 4.01. The zero-order chi connectivity index (χ0) is 14.8. The lowest BCUT2D eigenvalue weighted by Crippen LogP contribution is -2.27. The zero-order valence-corrected chi connectivity index (χ0v) is 11.4. The molecular formula is C13H13FN2O3S. The van der Waals surface area contributed by atoms with Gasteiger partial charge in [-0.2, -0.15) is 0 Å². The Labute approximate surface area is 115 Å². The molecule has 2 aromatic rings. The number of rotatable bonds is 4. The molecule has 2 N–H and O–H groups in total. The predicted octanol–water partition coefficient (Wildman–Crippen LogP) is 1.55. The maximum absolute atomic E-state index is 13.1. The molecule has 1 atom stereocenters. The maximum atomic E-state index is 13.1. The van der Waals surface area contributed by atoms with Crippen LogP contribution in [0, 0.1) is 5.82 Å². The van der Waals surface area contributed by atoms with Gasteiger partial charge in [-0.05, 0) is 30.7 Å². The van der Waals surface area contributed by atoms with Crippen LogP contribution in [0.5, 0.6) is 0 Å². The highest BCUT2D eigenvalue weighted by Crippen LogP contribution is 2.16. The number of hydrogen-bond acceptors (Lipinski definition) is 3. The van der Waals surface area contributed by atoms with Crippen LogP contribution in [-0.2, 0) is 10.0 Å². The largest absolute Gasteiger partial charge is 0.328 e. The number of sulfonamides is 1. The second-order valence-corrected chi connectivity index (χ2v) is 6.00. The van der Waals surface area contributed by atoms with Gasteiger partial charge in [0.2, 0.25) is 15.6 Å². The molecule has 0 radical (unpaired) electrons. The van der Waals surface area contributed by atoms with Crippen LogP contribution in [0.25, 0.3) is 0 Å². The van der Waals surface area contributed by atoms with Crippen molar-refractivity contribution in [3.05, 3.63) is 64.3 Å². The van der Waals surface area contributed by atoms with Crippen molar-refractivity contribution in [3.63, 3.8) is 0 Å². The van der Waals surface area contributed by atoms with Gasteiger partial charge >= 0.3 is 0 Å². The number of aromatic nitrogens is 1. The highest BCUT2D eigenvalue weighted by Gasteiger charge is 2.18. The van der Waals surface area contributed by atoms with Gasteiger partial charge in [-0.25, -0.2) is 17.5 Å². The number of halogens is 1. The van der Waals surface area contributed by atoms with Crippen molar-refractivity contribution in [1.82, 2.24) is 9.71 Å². The molecule has 1 aromatic carbocycles. The third-order valence-electron chi connectivity index (χ3n) is 2.75. The molecule has 0 spiro atoms. The molecule has 0 aliphatic carbocycles. The van der Waals surface area contributed by atoms with Gasteiger partial charge in [-0.15, -0.1) is 0 Å². The van der Waals surface area contributed by atoms with Crippen LogP contribution in [0.2, 0.25) is 0 Å². The molecule has 0 saturated heterocycles. The summed E-state index contributed by atoms with van der Waals surface area (Å²) in [5, 5.41) is 0. The van der Waals surface area contributed by atoms with Crippen molar-refractivity contribution in [1.29, 1.82) is 0 Å². The Morgan fingerprint density at radius 1 is 1.25 bits per heavy atom. The van der Waals surface area contributed by atoms with E-state index in [-0.39, 0.29) is 10.5 Å². The number of nitrogens with one attached hydrogen (secondary N) is 2. The molecular weight excluding hydrogens is 283 g/mol. The molecule has 1 heterocycles. The summed E-state index contributed by atoms with van der Waals surface area (Å²) < 4.78 is 39.7. The van der Waals surface area contributed by atoms with Crippen LogP contribution < -0.4 is 10.3 Å². The zero-order valence-electron chi connectivity index (χ0n) is 10.6. The van der Waals surface area contributed by atoms with E-state index in [0.717, 1.165) is 12.3 Å². The van der Waals surface area contributed by atoms with Crippen LogP contribution >= 0.6 is 0 Å². The number of H-pyrrole nitrogens is 1. The van der Waals surface area contributed by atoms with E-state index in [2.05, 4.69) is 9.71 Å². The molecule has 0 fully saturated rings.